The van der Waals surface area contributed by atoms with Gasteiger partial charge in [-0.05, 0) is 13.0 Å². The number of fused-ring (bicyclic) bond motifs is 2. The first-order valence-electron chi connectivity index (χ1n) is 24.4. The molecule has 20 N–H and O–H groups in total. The number of nitrogens with zero attached hydrogens (tertiary/aromatic N) is 10. The van der Waals surface area contributed by atoms with Gasteiger partial charge in [-0.25, -0.2) is 43.2 Å². The Balaban J connectivity index is 1.05. The monoisotopic (exact) mass is 1220 g/mol. The lowest BCUT2D eigenvalue weighted by Crippen LogP contribution is -2.41. The van der Waals surface area contributed by atoms with Crippen LogP contribution in [-0.2, 0) is 59.4 Å². The quantitative estimate of drug-likeness (QED) is 0.0317. The lowest BCUT2D eigenvalue weighted by atomic mass is 10.1. The van der Waals surface area contributed by atoms with Gasteiger partial charge in [0.2, 0.25) is 5.95 Å². The number of nitrogens with two attached hydrogens (primary N) is 7. The lowest BCUT2D eigenvalue weighted by molar-refractivity contribution is -0.0372. The Morgan fingerprint density at radius 1 is 0.646 bits per heavy atom. The number of aromatic amines is 2. The van der Waals surface area contributed by atoms with Crippen LogP contribution in [0.5, 0.6) is 0 Å². The molecule has 18 atom stereocenters. The van der Waals surface area contributed by atoms with Crippen LogP contribution in [0.4, 0.5) is 17.6 Å². The van der Waals surface area contributed by atoms with E-state index in [0.717, 1.165) is 51.1 Å². The molecule has 6 aromatic heterocycles. The van der Waals surface area contributed by atoms with Gasteiger partial charge in [0.05, 0.1) is 18.8 Å². The predicted molar refractivity (Wildman–Crippen MR) is 272 cm³/mol. The number of nitrogens with one attached hydrogen (secondary N) is 2. The van der Waals surface area contributed by atoms with Crippen molar-refractivity contribution >= 4 is 63.4 Å². The van der Waals surface area contributed by atoms with E-state index in [1.807, 2.05) is 0 Å². The van der Waals surface area contributed by atoms with Crippen LogP contribution in [0.2, 0.25) is 0 Å². The summed E-state index contributed by atoms with van der Waals surface area (Å²) >= 11 is 0. The van der Waals surface area contributed by atoms with Gasteiger partial charge in [0.15, 0.2) is 41.3 Å². The number of nitrogen functional groups attached to an aromatic ring is 3. The molecule has 6 aromatic rings. The second kappa shape index (κ2) is 22.8. The molecule has 0 aliphatic carbocycles. The maximum absolute atomic E-state index is 16.0. The molecule has 10 unspecified atom stereocenters. The molecule has 0 saturated carbocycles. The van der Waals surface area contributed by atoms with E-state index in [0.29, 0.717) is 0 Å². The van der Waals surface area contributed by atoms with Crippen molar-refractivity contribution < 1.29 is 79.6 Å². The van der Waals surface area contributed by atoms with Gasteiger partial charge in [-0.15, -0.1) is 0 Å². The van der Waals surface area contributed by atoms with Crippen LogP contribution in [0, 0.1) is 6.92 Å². The third-order valence-electron chi connectivity index (χ3n) is 13.4. The van der Waals surface area contributed by atoms with E-state index in [-0.39, 0.29) is 39.5 Å². The van der Waals surface area contributed by atoms with Crippen molar-refractivity contribution in [2.24, 2.45) is 22.9 Å². The lowest BCUT2D eigenvalue weighted by Gasteiger charge is -2.32. The second-order valence-electron chi connectivity index (χ2n) is 18.7. The van der Waals surface area contributed by atoms with Gasteiger partial charge in [-0.1, -0.05) is 0 Å². The third kappa shape index (κ3) is 11.2. The second-order valence-corrected chi connectivity index (χ2v) is 23.6. The molecule has 43 heteroatoms. The number of H-pyrrole nitrogens is 2. The fourth-order valence-electron chi connectivity index (χ4n) is 9.61. The Hall–Kier alpha value is -6.17. The molecule has 0 amide bonds. The maximum Gasteiger partial charge on any atom is 0.493 e. The summed E-state index contributed by atoms with van der Waals surface area (Å²) in [6, 6.07) is 1.16. The predicted octanol–water partition coefficient (Wildman–Crippen LogP) is -5.39. The number of ether oxygens (including phenoxy) is 4. The molecule has 4 fully saturated rings. The number of aromatic nitrogens is 12. The summed E-state index contributed by atoms with van der Waals surface area (Å²) in [5.74, 6) is -0.714. The van der Waals surface area contributed by atoms with Crippen molar-refractivity contribution in [2.75, 3.05) is 43.4 Å². The zero-order chi connectivity index (χ0) is 58.9. The van der Waals surface area contributed by atoms with Crippen molar-refractivity contribution in [3.8, 4) is 0 Å². The number of aliphatic hydroxyl groups is 3. The van der Waals surface area contributed by atoms with Crippen molar-refractivity contribution in [3.63, 3.8) is 0 Å². The molecule has 82 heavy (non-hydrogen) atoms. The minimum atomic E-state index is -6.50. The van der Waals surface area contributed by atoms with E-state index in [1.165, 1.54) is 11.5 Å². The zero-order valence-electron chi connectivity index (χ0n) is 42.2. The zero-order valence-corrected chi connectivity index (χ0v) is 44.9. The molecular weight excluding hydrogens is 1160 g/mol. The van der Waals surface area contributed by atoms with Crippen LogP contribution in [-0.4, -0.2) is 172 Å². The van der Waals surface area contributed by atoms with E-state index < -0.39 is 177 Å². The number of imidazole rings is 2. The average Bonchev–Trinajstić information content (AvgIpc) is 3.04. The molecule has 4 saturated heterocycles. The molecule has 0 spiro atoms. The molecular formula is C39H54N19O21P3. The number of phosphoric acid groups is 3. The van der Waals surface area contributed by atoms with Crippen molar-refractivity contribution in [2.45, 2.75) is 105 Å². The van der Waals surface area contributed by atoms with Gasteiger partial charge < -0.3 is 79.3 Å². The van der Waals surface area contributed by atoms with Gasteiger partial charge in [0.1, 0.15) is 84.9 Å². The van der Waals surface area contributed by atoms with Crippen LogP contribution in [0.25, 0.3) is 22.3 Å². The van der Waals surface area contributed by atoms with Crippen molar-refractivity contribution in [1.29, 1.82) is 0 Å². The Bertz CT molecular complexity index is 3770. The highest BCUT2D eigenvalue weighted by Gasteiger charge is 2.59. The van der Waals surface area contributed by atoms with Crippen molar-refractivity contribution in [1.82, 2.24) is 58.1 Å². The van der Waals surface area contributed by atoms with Crippen LogP contribution < -0.4 is 62.6 Å². The molecule has 0 bridgehead atoms. The normalized spacial score (nSPS) is 31.6. The molecule has 10 heterocycles. The fourth-order valence-corrected chi connectivity index (χ4v) is 15.0. The molecule has 4 aliphatic heterocycles. The van der Waals surface area contributed by atoms with Gasteiger partial charge in [0, 0.05) is 50.6 Å². The molecule has 0 radical (unpaired) electrons. The van der Waals surface area contributed by atoms with Gasteiger partial charge in [-0.2, -0.15) is 18.6 Å². The summed E-state index contributed by atoms with van der Waals surface area (Å²) in [6.45, 7) is -0.961. The summed E-state index contributed by atoms with van der Waals surface area (Å²) in [4.78, 5) is 90.8. The Kier molecular flexibility index (Phi) is 16.4. The highest BCUT2D eigenvalue weighted by Crippen LogP contribution is 2.74. The number of aliphatic hydroxyl groups excluding tert-OH is 3. The minimum Gasteiger partial charge on any atom is -0.386 e. The molecule has 40 nitrogen and oxygen atoms in total. The summed E-state index contributed by atoms with van der Waals surface area (Å²) < 4.78 is 108. The van der Waals surface area contributed by atoms with E-state index in [2.05, 4.69) is 39.9 Å². The Labute approximate surface area is 456 Å². The summed E-state index contributed by atoms with van der Waals surface area (Å²) in [5.41, 5.74) is 37.7. The molecule has 446 valence electrons. The summed E-state index contributed by atoms with van der Waals surface area (Å²) in [5, 5.41) is 36.0. The standard InChI is InChI=1S/C39H54N19O21P3/c1-13-9-56(39(65)54-32(13)62)20-4-14(15(5-40)70-20)74-80(66,67)78-82(69,77-28-18(8-43)73-36(25(28)61)58-12-50-22-31(58)52-37(46)53-33(22)63)79-81(68,75-26-16(6-41)71-34(23(26)59)55-3-2-19(44)51-38(55)64)76-27-17(7-42)72-35(24(27)60)57-11-49-21-29(45)47-10-48-30(21)57/h2-3,9-12,14-18,20,23-28,34-36,59-61H,4-8,40-43H2,1H3,(H,66,67)(H2,44,51,64)(H2,45,47,48)(H,54,62,65)(H3,46,52,53,63)/t14?,15-,16-,17-,18-,20-,23?,24?,25?,26?,27?,28?,34-,35-,36-,81?,82?/m1/s1. The number of phosphoric ester groups is 2. The number of anilines is 3. The molecule has 10 rings (SSSR count). The Morgan fingerprint density at radius 2 is 1.20 bits per heavy atom. The molecule has 4 aliphatic rings. The fraction of sp³-hybridized carbons (Fsp3) is 0.538. The first kappa shape index (κ1) is 59.0. The van der Waals surface area contributed by atoms with Crippen molar-refractivity contribution in [3.05, 3.63) is 84.7 Å². The van der Waals surface area contributed by atoms with Crippen LogP contribution >= 0.6 is 23.5 Å². The Morgan fingerprint density at radius 3 is 1.77 bits per heavy atom. The van der Waals surface area contributed by atoms with E-state index in [1.54, 1.807) is 0 Å². The number of hydrogen-bond acceptors (Lipinski definition) is 33. The minimum absolute atomic E-state index is 0.000635. The largest absolute Gasteiger partial charge is 0.493 e. The summed E-state index contributed by atoms with van der Waals surface area (Å²) in [7, 11) is -18.9. The third-order valence-corrected chi connectivity index (χ3v) is 18.7. The highest BCUT2D eigenvalue weighted by molar-refractivity contribution is 7.67. The van der Waals surface area contributed by atoms with Gasteiger partial charge in [0.25, 0.3) is 11.1 Å². The van der Waals surface area contributed by atoms with Crippen LogP contribution in [0.1, 0.15) is 36.9 Å². The number of hydrogen-bond donors (Lipinski definition) is 13. The van der Waals surface area contributed by atoms with Gasteiger partial charge >= 0.3 is 34.8 Å². The average molecular weight is 1220 g/mol. The first-order chi connectivity index (χ1) is 38.9. The van der Waals surface area contributed by atoms with E-state index in [9.17, 15) is 44.0 Å². The number of rotatable bonds is 20. The van der Waals surface area contributed by atoms with Crippen LogP contribution in [0.3, 0.4) is 0 Å². The van der Waals surface area contributed by atoms with Crippen LogP contribution in [0.15, 0.2) is 56.6 Å². The number of aryl methyl sites for hydroxylation is 1. The molecule has 0 aromatic carbocycles. The highest BCUT2D eigenvalue weighted by atomic mass is 31.3. The van der Waals surface area contributed by atoms with Gasteiger partial charge in [-0.3, -0.25) is 55.9 Å². The SMILES string of the molecule is Cc1cn([C@H]2CC(OP(=O)(O)OP(=O)(OC3C(O)[C@H](n4cnc5c(=O)[nH]c(N)nc54)O[C@@H]3CN)OP(=O)(OC3C(O)[C@H](n4ccc(N)nc4=O)O[C@@H]3CN)OC3C(O)[C@H](n4cnc5c(N)ncnc54)O[C@@H]3CN)[C@@H](CN)O2)c(=O)[nH]c1=O. The van der Waals surface area contributed by atoms with E-state index >= 15 is 9.13 Å². The topological polar surface area (TPSA) is 603 Å². The van der Waals surface area contributed by atoms with E-state index in [4.69, 9.17) is 85.8 Å². The summed E-state index contributed by atoms with van der Waals surface area (Å²) in [6.07, 6.45) is -22.1. The smallest absolute Gasteiger partial charge is 0.386 e. The first-order valence-corrected chi connectivity index (χ1v) is 28.8. The maximum atomic E-state index is 16.0.